The van der Waals surface area contributed by atoms with Crippen LogP contribution >= 0.6 is 23.5 Å². The molecule has 0 aromatic heterocycles. The van der Waals surface area contributed by atoms with E-state index in [0.717, 1.165) is 13.1 Å². The molecule has 0 unspecified atom stereocenters. The zero-order valence-electron chi connectivity index (χ0n) is 11.1. The monoisotopic (exact) mass is 348 g/mol. The number of hydrogen-bond acceptors (Lipinski definition) is 3. The molecule has 0 aromatic carbocycles. The molecule has 0 saturated carbocycles. The molecule has 5 heteroatoms. The Hall–Kier alpha value is 0.130. The van der Waals surface area contributed by atoms with E-state index in [1.807, 2.05) is 23.5 Å². The van der Waals surface area contributed by atoms with Gasteiger partial charge in [0.25, 0.3) is 0 Å². The van der Waals surface area contributed by atoms with E-state index in [9.17, 15) is 0 Å². The van der Waals surface area contributed by atoms with Crippen LogP contribution in [0.1, 0.15) is 13.8 Å². The lowest BCUT2D eigenvalue weighted by atomic mass is 10.4. The van der Waals surface area contributed by atoms with Gasteiger partial charge in [-0.1, -0.05) is 17.8 Å². The maximum Gasteiger partial charge on any atom is 0.234 e. The van der Waals surface area contributed by atoms with Crippen LogP contribution in [0.4, 0.5) is 0 Å². The molecule has 2 heterocycles. The standard InChI is InChI=1S/C13H21N2S2.BrH/c1-3-14-8-10-16-12(14)6-5-7-13-15(4-2)9-11-17-13;/h5-7H,3-4,8-11H2,1-2H3;1H/q+1;/p-1. The van der Waals surface area contributed by atoms with Crippen molar-refractivity contribution in [2.24, 2.45) is 0 Å². The van der Waals surface area contributed by atoms with Gasteiger partial charge in [-0.3, -0.25) is 0 Å². The molecule has 1 fully saturated rings. The second-order valence-electron chi connectivity index (χ2n) is 4.06. The molecule has 0 aliphatic carbocycles. The van der Waals surface area contributed by atoms with E-state index in [1.54, 1.807) is 0 Å². The molecule has 2 rings (SSSR count). The average molecular weight is 349 g/mol. The van der Waals surface area contributed by atoms with Crippen molar-refractivity contribution in [3.63, 3.8) is 0 Å². The second-order valence-corrected chi connectivity index (χ2v) is 6.29. The lowest BCUT2D eigenvalue weighted by Gasteiger charge is -2.14. The molecule has 0 aromatic rings. The molecule has 102 valence electrons. The molecule has 0 radical (unpaired) electrons. The van der Waals surface area contributed by atoms with Crippen LogP contribution in [0.5, 0.6) is 0 Å². The van der Waals surface area contributed by atoms with Crippen molar-refractivity contribution < 1.29 is 21.6 Å². The Labute approximate surface area is 129 Å². The van der Waals surface area contributed by atoms with Gasteiger partial charge >= 0.3 is 0 Å². The van der Waals surface area contributed by atoms with Gasteiger partial charge in [-0.25, -0.2) is 4.58 Å². The summed E-state index contributed by atoms with van der Waals surface area (Å²) in [5.41, 5.74) is 0. The largest absolute Gasteiger partial charge is 1.00 e. The first kappa shape index (κ1) is 16.2. The van der Waals surface area contributed by atoms with Crippen LogP contribution in [0.3, 0.4) is 0 Å². The molecule has 0 N–H and O–H groups in total. The highest BCUT2D eigenvalue weighted by Gasteiger charge is 2.18. The van der Waals surface area contributed by atoms with Crippen molar-refractivity contribution in [1.29, 1.82) is 0 Å². The molecule has 2 aliphatic rings. The molecule has 0 bridgehead atoms. The van der Waals surface area contributed by atoms with Crippen molar-refractivity contribution in [1.82, 2.24) is 4.90 Å². The summed E-state index contributed by atoms with van der Waals surface area (Å²) in [7, 11) is 0. The third-order valence-corrected chi connectivity index (χ3v) is 5.24. The van der Waals surface area contributed by atoms with Gasteiger partial charge in [0.15, 0.2) is 6.54 Å². The summed E-state index contributed by atoms with van der Waals surface area (Å²) in [5, 5.41) is 2.85. The molecule has 1 saturated heterocycles. The van der Waals surface area contributed by atoms with Gasteiger partial charge in [-0.15, -0.1) is 11.8 Å². The van der Waals surface area contributed by atoms with Gasteiger partial charge in [0.1, 0.15) is 6.54 Å². The zero-order valence-corrected chi connectivity index (χ0v) is 14.3. The average Bonchev–Trinajstić information content (AvgIpc) is 2.97. The summed E-state index contributed by atoms with van der Waals surface area (Å²) in [6.45, 7) is 9.10. The molecule has 0 atom stereocenters. The predicted octanol–water partition coefficient (Wildman–Crippen LogP) is -0.366. The third-order valence-electron chi connectivity index (χ3n) is 3.09. The normalized spacial score (nSPS) is 22.3. The van der Waals surface area contributed by atoms with Crippen molar-refractivity contribution in [2.45, 2.75) is 13.8 Å². The first-order chi connectivity index (χ1) is 8.35. The highest BCUT2D eigenvalue weighted by molar-refractivity contribution is 8.14. The zero-order chi connectivity index (χ0) is 12.1. The Morgan fingerprint density at radius 1 is 1.28 bits per heavy atom. The number of allylic oxidation sites excluding steroid dienone is 2. The Bertz CT molecular complexity index is 364. The minimum absolute atomic E-state index is 0. The lowest BCUT2D eigenvalue weighted by molar-refractivity contribution is -0.513. The first-order valence-electron chi connectivity index (χ1n) is 6.36. The van der Waals surface area contributed by atoms with Gasteiger partial charge in [0.2, 0.25) is 5.04 Å². The van der Waals surface area contributed by atoms with Gasteiger partial charge in [0.05, 0.1) is 10.8 Å². The van der Waals surface area contributed by atoms with E-state index in [2.05, 4.69) is 41.6 Å². The maximum atomic E-state index is 2.44. The SMILES string of the molecule is CCN1CCS/C1=C\C=C\C1=[N+](CC)CCS1.[Br-]. The molecular weight excluding hydrogens is 328 g/mol. The first-order valence-corrected chi connectivity index (χ1v) is 8.33. The summed E-state index contributed by atoms with van der Waals surface area (Å²) in [5.74, 6) is 2.47. The lowest BCUT2D eigenvalue weighted by Crippen LogP contribution is -3.00. The van der Waals surface area contributed by atoms with Crippen molar-refractivity contribution in [3.8, 4) is 0 Å². The van der Waals surface area contributed by atoms with Crippen LogP contribution < -0.4 is 17.0 Å². The van der Waals surface area contributed by atoms with Gasteiger partial charge < -0.3 is 21.9 Å². The van der Waals surface area contributed by atoms with Crippen LogP contribution in [0, 0.1) is 0 Å². The molecule has 2 aliphatic heterocycles. The highest BCUT2D eigenvalue weighted by Crippen LogP contribution is 2.27. The van der Waals surface area contributed by atoms with Crippen LogP contribution in [-0.2, 0) is 0 Å². The van der Waals surface area contributed by atoms with E-state index >= 15 is 0 Å². The topological polar surface area (TPSA) is 6.25 Å². The minimum atomic E-state index is 0. The van der Waals surface area contributed by atoms with Crippen LogP contribution in [0.25, 0.3) is 0 Å². The fraction of sp³-hybridized carbons (Fsp3) is 0.615. The summed E-state index contributed by atoms with van der Waals surface area (Å²) in [6.07, 6.45) is 6.74. The molecular formula is C13H21BrN2S2. The molecule has 0 amide bonds. The highest BCUT2D eigenvalue weighted by atomic mass is 79.9. The van der Waals surface area contributed by atoms with Crippen molar-refractivity contribution in [3.05, 3.63) is 23.3 Å². The number of thioether (sulfide) groups is 2. The fourth-order valence-corrected chi connectivity index (χ4v) is 4.27. The Morgan fingerprint density at radius 3 is 2.83 bits per heavy atom. The molecule has 2 nitrogen and oxygen atoms in total. The number of hydrogen-bond donors (Lipinski definition) is 0. The third kappa shape index (κ3) is 4.07. The Balaban J connectivity index is 0.00000162. The van der Waals surface area contributed by atoms with E-state index in [0.29, 0.717) is 0 Å². The number of halogens is 1. The predicted molar refractivity (Wildman–Crippen MR) is 80.1 cm³/mol. The van der Waals surface area contributed by atoms with Crippen LogP contribution in [0.15, 0.2) is 23.3 Å². The summed E-state index contributed by atoms with van der Waals surface area (Å²) in [4.78, 5) is 2.44. The summed E-state index contributed by atoms with van der Waals surface area (Å²) in [6, 6.07) is 0. The van der Waals surface area contributed by atoms with Gasteiger partial charge in [-0.05, 0) is 19.9 Å². The van der Waals surface area contributed by atoms with Crippen LogP contribution in [-0.4, -0.2) is 52.2 Å². The van der Waals surface area contributed by atoms with E-state index < -0.39 is 0 Å². The van der Waals surface area contributed by atoms with Gasteiger partial charge in [-0.2, -0.15) is 0 Å². The van der Waals surface area contributed by atoms with Crippen molar-refractivity contribution in [2.75, 3.05) is 37.7 Å². The van der Waals surface area contributed by atoms with Crippen molar-refractivity contribution >= 4 is 28.6 Å². The molecule has 0 spiro atoms. The molecule has 18 heavy (non-hydrogen) atoms. The smallest absolute Gasteiger partial charge is 0.234 e. The van der Waals surface area contributed by atoms with Crippen LogP contribution in [0.2, 0.25) is 0 Å². The van der Waals surface area contributed by atoms with E-state index in [4.69, 9.17) is 0 Å². The van der Waals surface area contributed by atoms with E-state index in [1.165, 1.54) is 34.7 Å². The Kier molecular flexibility index (Phi) is 7.49. The second kappa shape index (κ2) is 8.33. The van der Waals surface area contributed by atoms with E-state index in [-0.39, 0.29) is 17.0 Å². The fourth-order valence-electron chi connectivity index (χ4n) is 2.07. The Morgan fingerprint density at radius 2 is 2.11 bits per heavy atom. The summed E-state index contributed by atoms with van der Waals surface area (Å²) < 4.78 is 2.44. The minimum Gasteiger partial charge on any atom is -1.00 e. The number of nitrogens with zero attached hydrogens (tertiary/aromatic N) is 2. The number of rotatable bonds is 4. The summed E-state index contributed by atoms with van der Waals surface area (Å²) >= 11 is 3.94. The maximum absolute atomic E-state index is 2.44. The quantitative estimate of drug-likeness (QED) is 0.640. The van der Waals surface area contributed by atoms with Gasteiger partial charge in [0, 0.05) is 24.9 Å².